The second kappa shape index (κ2) is 9.38. The molecule has 0 unspecified atom stereocenters. The van der Waals surface area contributed by atoms with Crippen LogP contribution in [0, 0.1) is 5.92 Å². The molecule has 3 heteroatoms. The first kappa shape index (κ1) is 19.9. The SMILES string of the molecule is COc1ccc([C@H](CCNC[C@@H]2CCOC(C)(C)C2)c2ccccc2)cc1. The van der Waals surface area contributed by atoms with Gasteiger partial charge in [0, 0.05) is 12.5 Å². The fraction of sp³-hybridized carbons (Fsp3) is 0.500. The van der Waals surface area contributed by atoms with Crippen LogP contribution in [-0.2, 0) is 4.74 Å². The van der Waals surface area contributed by atoms with E-state index in [4.69, 9.17) is 9.47 Å². The molecule has 1 aliphatic heterocycles. The van der Waals surface area contributed by atoms with Crippen LogP contribution in [0.25, 0.3) is 0 Å². The number of ether oxygens (including phenoxy) is 2. The van der Waals surface area contributed by atoms with Gasteiger partial charge in [0.05, 0.1) is 12.7 Å². The second-order valence-electron chi connectivity index (χ2n) is 8.20. The summed E-state index contributed by atoms with van der Waals surface area (Å²) in [5.41, 5.74) is 2.74. The lowest BCUT2D eigenvalue weighted by Gasteiger charge is -2.35. The van der Waals surface area contributed by atoms with Gasteiger partial charge in [0.25, 0.3) is 0 Å². The third-order valence-corrected chi connectivity index (χ3v) is 5.56. The Labute approximate surface area is 164 Å². The van der Waals surface area contributed by atoms with Crippen LogP contribution in [0.1, 0.15) is 50.2 Å². The summed E-state index contributed by atoms with van der Waals surface area (Å²) < 4.78 is 11.2. The van der Waals surface area contributed by atoms with E-state index in [-0.39, 0.29) is 5.60 Å². The molecule has 146 valence electrons. The van der Waals surface area contributed by atoms with Gasteiger partial charge >= 0.3 is 0 Å². The number of nitrogens with one attached hydrogen (secondary N) is 1. The van der Waals surface area contributed by atoms with Crippen LogP contribution < -0.4 is 10.1 Å². The summed E-state index contributed by atoms with van der Waals surface area (Å²) in [5, 5.41) is 3.71. The molecule has 0 aromatic heterocycles. The molecule has 0 aliphatic carbocycles. The van der Waals surface area contributed by atoms with Crippen molar-refractivity contribution >= 4 is 0 Å². The van der Waals surface area contributed by atoms with Crippen molar-refractivity contribution in [3.63, 3.8) is 0 Å². The molecule has 1 heterocycles. The monoisotopic (exact) mass is 367 g/mol. The summed E-state index contributed by atoms with van der Waals surface area (Å²) in [4.78, 5) is 0. The molecule has 0 amide bonds. The average molecular weight is 368 g/mol. The molecule has 3 rings (SSSR count). The number of hydrogen-bond donors (Lipinski definition) is 1. The van der Waals surface area contributed by atoms with Crippen LogP contribution in [0.3, 0.4) is 0 Å². The smallest absolute Gasteiger partial charge is 0.118 e. The van der Waals surface area contributed by atoms with Crippen LogP contribution in [0.15, 0.2) is 54.6 Å². The summed E-state index contributed by atoms with van der Waals surface area (Å²) >= 11 is 0. The first-order chi connectivity index (χ1) is 13.1. The molecule has 1 saturated heterocycles. The predicted octanol–water partition coefficient (Wildman–Crippen LogP) is 5.01. The molecule has 1 N–H and O–H groups in total. The van der Waals surface area contributed by atoms with Crippen molar-refractivity contribution < 1.29 is 9.47 Å². The molecule has 1 fully saturated rings. The Morgan fingerprint density at radius 1 is 1.07 bits per heavy atom. The molecule has 1 aliphatic rings. The van der Waals surface area contributed by atoms with Crippen LogP contribution >= 0.6 is 0 Å². The van der Waals surface area contributed by atoms with Gasteiger partial charge in [-0.15, -0.1) is 0 Å². The van der Waals surface area contributed by atoms with Crippen LogP contribution in [0.5, 0.6) is 5.75 Å². The Kier molecular flexibility index (Phi) is 6.92. The van der Waals surface area contributed by atoms with E-state index < -0.39 is 0 Å². The van der Waals surface area contributed by atoms with E-state index >= 15 is 0 Å². The second-order valence-corrected chi connectivity index (χ2v) is 8.20. The summed E-state index contributed by atoms with van der Waals surface area (Å²) in [6, 6.07) is 19.3. The molecule has 2 atom stereocenters. The molecule has 0 radical (unpaired) electrons. The zero-order valence-electron chi connectivity index (χ0n) is 16.9. The van der Waals surface area contributed by atoms with E-state index in [0.717, 1.165) is 44.7 Å². The fourth-order valence-corrected chi connectivity index (χ4v) is 4.13. The van der Waals surface area contributed by atoms with E-state index in [2.05, 4.69) is 73.8 Å². The summed E-state index contributed by atoms with van der Waals surface area (Å²) in [6.07, 6.45) is 3.39. The van der Waals surface area contributed by atoms with Crippen LogP contribution in [-0.4, -0.2) is 32.4 Å². The number of rotatable bonds is 8. The minimum atomic E-state index is 0.0280. The minimum absolute atomic E-state index is 0.0280. The minimum Gasteiger partial charge on any atom is -0.497 e. The van der Waals surface area contributed by atoms with Crippen molar-refractivity contribution in [3.05, 3.63) is 65.7 Å². The zero-order valence-corrected chi connectivity index (χ0v) is 16.9. The Morgan fingerprint density at radius 2 is 1.78 bits per heavy atom. The average Bonchev–Trinajstić information content (AvgIpc) is 2.68. The van der Waals surface area contributed by atoms with Gasteiger partial charge in [-0.3, -0.25) is 0 Å². The number of benzene rings is 2. The zero-order chi connectivity index (χ0) is 19.1. The molecule has 3 nitrogen and oxygen atoms in total. The first-order valence-electron chi connectivity index (χ1n) is 10.1. The third-order valence-electron chi connectivity index (χ3n) is 5.56. The van der Waals surface area contributed by atoms with Gasteiger partial charge in [0.1, 0.15) is 5.75 Å². The van der Waals surface area contributed by atoms with Crippen LogP contribution in [0.2, 0.25) is 0 Å². The standard InChI is InChI=1S/C24H33NO2/c1-24(2)17-19(14-16-27-24)18-25-15-13-23(20-7-5-4-6-8-20)21-9-11-22(26-3)12-10-21/h4-12,19,23,25H,13-18H2,1-3H3/t19-,23-/m1/s1. The highest BCUT2D eigenvalue weighted by molar-refractivity contribution is 5.36. The van der Waals surface area contributed by atoms with E-state index in [1.54, 1.807) is 7.11 Å². The quantitative estimate of drug-likeness (QED) is 0.665. The van der Waals surface area contributed by atoms with Crippen molar-refractivity contribution in [1.82, 2.24) is 5.32 Å². The van der Waals surface area contributed by atoms with Gasteiger partial charge in [-0.05, 0) is 75.4 Å². The lowest BCUT2D eigenvalue weighted by atomic mass is 9.87. The predicted molar refractivity (Wildman–Crippen MR) is 112 cm³/mol. The molecule has 0 saturated carbocycles. The van der Waals surface area contributed by atoms with Gasteiger partial charge in [-0.25, -0.2) is 0 Å². The Bertz CT molecular complexity index is 681. The fourth-order valence-electron chi connectivity index (χ4n) is 4.13. The molecular weight excluding hydrogens is 334 g/mol. The van der Waals surface area contributed by atoms with Gasteiger partial charge in [0.15, 0.2) is 0 Å². The van der Waals surface area contributed by atoms with Crippen molar-refractivity contribution in [3.8, 4) is 5.75 Å². The molecule has 2 aromatic carbocycles. The molecule has 0 spiro atoms. The van der Waals surface area contributed by atoms with Gasteiger partial charge < -0.3 is 14.8 Å². The molecule has 0 bridgehead atoms. The lowest BCUT2D eigenvalue weighted by molar-refractivity contribution is -0.0717. The molecular formula is C24H33NO2. The normalized spacial score (nSPS) is 20.2. The summed E-state index contributed by atoms with van der Waals surface area (Å²) in [5.74, 6) is 2.02. The number of hydrogen-bond acceptors (Lipinski definition) is 3. The topological polar surface area (TPSA) is 30.5 Å². The van der Waals surface area contributed by atoms with E-state index in [0.29, 0.717) is 11.8 Å². The van der Waals surface area contributed by atoms with Crippen molar-refractivity contribution in [1.29, 1.82) is 0 Å². The van der Waals surface area contributed by atoms with Crippen molar-refractivity contribution in [2.24, 2.45) is 5.92 Å². The molecule has 2 aromatic rings. The summed E-state index contributed by atoms with van der Waals surface area (Å²) in [6.45, 7) is 7.39. The van der Waals surface area contributed by atoms with Gasteiger partial charge in [0.2, 0.25) is 0 Å². The highest BCUT2D eigenvalue weighted by atomic mass is 16.5. The largest absolute Gasteiger partial charge is 0.497 e. The van der Waals surface area contributed by atoms with E-state index in [9.17, 15) is 0 Å². The van der Waals surface area contributed by atoms with Crippen LogP contribution in [0.4, 0.5) is 0 Å². The van der Waals surface area contributed by atoms with Crippen molar-refractivity contribution in [2.75, 3.05) is 26.8 Å². The lowest BCUT2D eigenvalue weighted by Crippen LogP contribution is -2.38. The summed E-state index contributed by atoms with van der Waals surface area (Å²) in [7, 11) is 1.71. The van der Waals surface area contributed by atoms with Gasteiger partial charge in [-0.1, -0.05) is 42.5 Å². The number of methoxy groups -OCH3 is 1. The highest BCUT2D eigenvalue weighted by Gasteiger charge is 2.28. The Balaban J connectivity index is 1.58. The first-order valence-corrected chi connectivity index (χ1v) is 10.1. The van der Waals surface area contributed by atoms with E-state index in [1.807, 2.05) is 0 Å². The maximum absolute atomic E-state index is 5.84. The van der Waals surface area contributed by atoms with Gasteiger partial charge in [-0.2, -0.15) is 0 Å². The highest BCUT2D eigenvalue weighted by Crippen LogP contribution is 2.30. The molecule has 27 heavy (non-hydrogen) atoms. The third kappa shape index (κ3) is 5.82. The Morgan fingerprint density at radius 3 is 2.44 bits per heavy atom. The van der Waals surface area contributed by atoms with Crippen molar-refractivity contribution in [2.45, 2.75) is 44.6 Å². The van der Waals surface area contributed by atoms with E-state index in [1.165, 1.54) is 11.1 Å². The Hall–Kier alpha value is -1.84. The maximum Gasteiger partial charge on any atom is 0.118 e. The maximum atomic E-state index is 5.84.